The van der Waals surface area contributed by atoms with Gasteiger partial charge in [0.2, 0.25) is 0 Å². The molecule has 0 aromatic carbocycles. The summed E-state index contributed by atoms with van der Waals surface area (Å²) in [5.74, 6) is 2.36. The zero-order valence-electron chi connectivity index (χ0n) is 36.0. The topological polar surface area (TPSA) is 161 Å². The normalized spacial score (nSPS) is 23.1. The Morgan fingerprint density at radius 3 is 1.71 bits per heavy atom. The highest BCUT2D eigenvalue weighted by Crippen LogP contribution is 2.44. The third-order valence-corrected chi connectivity index (χ3v) is 15.6. The first kappa shape index (κ1) is 46.6. The van der Waals surface area contributed by atoms with Gasteiger partial charge in [-0.3, -0.25) is 9.59 Å². The number of nitrogens with one attached hydrogen (secondary N) is 2. The van der Waals surface area contributed by atoms with Crippen molar-refractivity contribution in [2.45, 2.75) is 135 Å². The molecule has 0 aliphatic heterocycles. The molecule has 16 heteroatoms. The van der Waals surface area contributed by atoms with E-state index in [0.29, 0.717) is 17.0 Å². The van der Waals surface area contributed by atoms with Crippen molar-refractivity contribution < 1.29 is 26.3 Å². The first-order chi connectivity index (χ1) is 27.5. The number of aromatic nitrogens is 2. The van der Waals surface area contributed by atoms with Gasteiger partial charge in [0.05, 0.1) is 37.5 Å². The highest BCUT2D eigenvalue weighted by atomic mass is 32.2. The lowest BCUT2D eigenvalue weighted by atomic mass is 9.84. The van der Waals surface area contributed by atoms with Crippen LogP contribution in [0.4, 0.5) is 0 Å². The van der Waals surface area contributed by atoms with Crippen LogP contribution in [0.3, 0.4) is 0 Å². The van der Waals surface area contributed by atoms with Crippen molar-refractivity contribution in [2.24, 2.45) is 17.8 Å². The second kappa shape index (κ2) is 20.9. The average molecular weight is 851 g/mol. The lowest BCUT2D eigenvalue weighted by molar-refractivity contribution is -0.000195. The molecule has 14 nitrogen and oxygen atoms in total. The van der Waals surface area contributed by atoms with Gasteiger partial charge in [0, 0.05) is 64.3 Å². The van der Waals surface area contributed by atoms with E-state index in [4.69, 9.17) is 9.47 Å². The maximum absolute atomic E-state index is 14.1. The van der Waals surface area contributed by atoms with Crippen LogP contribution in [0.2, 0.25) is 0 Å². The van der Waals surface area contributed by atoms with Crippen LogP contribution < -0.4 is 20.6 Å². The van der Waals surface area contributed by atoms with E-state index in [2.05, 4.69) is 16.4 Å². The maximum Gasteiger partial charge on any atom is 0.279 e. The highest BCUT2D eigenvalue weighted by Gasteiger charge is 2.34. The van der Waals surface area contributed by atoms with Crippen LogP contribution in [0.5, 0.6) is 0 Å². The predicted octanol–water partition coefficient (Wildman–Crippen LogP) is 4.78. The van der Waals surface area contributed by atoms with E-state index in [1.165, 1.54) is 49.3 Å². The van der Waals surface area contributed by atoms with Crippen molar-refractivity contribution in [2.75, 3.05) is 54.0 Å². The maximum atomic E-state index is 14.1. The Bertz CT molecular complexity index is 1980. The lowest BCUT2D eigenvalue weighted by Gasteiger charge is -2.31. The van der Waals surface area contributed by atoms with Crippen molar-refractivity contribution in [1.29, 1.82) is 0 Å². The fourth-order valence-electron chi connectivity index (χ4n) is 8.76. The zero-order valence-corrected chi connectivity index (χ0v) is 37.6. The highest BCUT2D eigenvalue weighted by molar-refractivity contribution is 7.87. The van der Waals surface area contributed by atoms with Gasteiger partial charge < -0.3 is 18.6 Å². The van der Waals surface area contributed by atoms with Crippen LogP contribution in [0.25, 0.3) is 0 Å². The molecule has 0 bridgehead atoms. The van der Waals surface area contributed by atoms with Gasteiger partial charge in [0.25, 0.3) is 31.5 Å². The van der Waals surface area contributed by atoms with Crippen LogP contribution in [-0.2, 0) is 36.3 Å². The van der Waals surface area contributed by atoms with E-state index in [9.17, 15) is 26.4 Å². The summed E-state index contributed by atoms with van der Waals surface area (Å²) in [7, 11) is -3.45. The first-order valence-electron chi connectivity index (χ1n) is 21.5. The van der Waals surface area contributed by atoms with E-state index in [1.54, 1.807) is 30.0 Å². The van der Waals surface area contributed by atoms with E-state index >= 15 is 0 Å². The molecule has 58 heavy (non-hydrogen) atoms. The molecular weight excluding hydrogens is 781 g/mol. The quantitative estimate of drug-likeness (QED) is 0.171. The van der Waals surface area contributed by atoms with Gasteiger partial charge in [-0.1, -0.05) is 19.8 Å². The number of likely N-dealkylation sites (N-methyl/N-ethyl adjacent to an activating group) is 1. The minimum Gasteiger partial charge on any atom is -0.376 e. The smallest absolute Gasteiger partial charge is 0.279 e. The molecular formula is C42H70N6O8S2. The molecule has 0 saturated heterocycles. The Kier molecular flexibility index (Phi) is 16.8. The molecule has 2 N–H and O–H groups in total. The van der Waals surface area contributed by atoms with Crippen molar-refractivity contribution >= 4 is 20.4 Å². The molecule has 2 aromatic heterocycles. The first-order valence-corrected chi connectivity index (χ1v) is 24.4. The van der Waals surface area contributed by atoms with Gasteiger partial charge in [-0.2, -0.15) is 34.9 Å². The Balaban J connectivity index is 1.25. The second-order valence-electron chi connectivity index (χ2n) is 17.5. The summed E-state index contributed by atoms with van der Waals surface area (Å²) in [6.45, 7) is 7.99. The summed E-state index contributed by atoms with van der Waals surface area (Å²) in [6.07, 6.45) is 17.1. The zero-order chi connectivity index (χ0) is 42.2. The molecule has 0 spiro atoms. The summed E-state index contributed by atoms with van der Waals surface area (Å²) in [4.78, 5) is 27.4. The molecule has 3 saturated carbocycles. The standard InChI is InChI=1S/C42H70N6O8S2/c1-8-9-33-10-16-39(17-11-33)55-29-38(24-43-57(51,52)45(5)6)48-27-31(3)23-36(42(48)50)20-21-46(7)58(53,54)44-25-37(47-26-30(2)22-32(4)41(47)49)28-56-40-18-14-35(15-19-40)34-12-13-34/h22-23,26-27,33-35,37-40,43-44H,8-21,24-25,28-29H2,1-7H3/t33-,35?,37?,38?,39+,40?. The molecule has 3 aliphatic rings. The summed E-state index contributed by atoms with van der Waals surface area (Å²) >= 11 is 0. The molecule has 2 heterocycles. The predicted molar refractivity (Wildman–Crippen MR) is 229 cm³/mol. The molecule has 2 atom stereocenters. The van der Waals surface area contributed by atoms with Gasteiger partial charge in [0.1, 0.15) is 0 Å². The largest absolute Gasteiger partial charge is 0.376 e. The van der Waals surface area contributed by atoms with Gasteiger partial charge >= 0.3 is 0 Å². The van der Waals surface area contributed by atoms with Gasteiger partial charge in [0.15, 0.2) is 0 Å². The SMILES string of the molecule is CCC[C@H]1CC[C@@H](OCC(CNS(=O)(=O)N(C)C)n2cc(C)cc(CCN(C)S(=O)(=O)NCC(COC3CCC(C4CC4)CC3)n3cc(C)cc(C)c3=O)c2=O)CC1. The summed E-state index contributed by atoms with van der Waals surface area (Å²) < 4.78 is 76.3. The van der Waals surface area contributed by atoms with Crippen molar-refractivity contribution in [3.63, 3.8) is 0 Å². The minimum atomic E-state index is -4.03. The van der Waals surface area contributed by atoms with E-state index in [0.717, 1.165) is 85.1 Å². The number of pyridine rings is 2. The summed E-state index contributed by atoms with van der Waals surface area (Å²) in [5.41, 5.74) is 2.16. The molecule has 2 aromatic rings. The van der Waals surface area contributed by atoms with Crippen molar-refractivity contribution in [3.05, 3.63) is 67.5 Å². The number of rotatable bonds is 22. The second-order valence-corrected chi connectivity index (χ2v) is 21.3. The average Bonchev–Trinajstić information content (AvgIpc) is 4.03. The van der Waals surface area contributed by atoms with Crippen LogP contribution in [0, 0.1) is 38.5 Å². The number of hydrogen-bond donors (Lipinski definition) is 2. The molecule has 5 rings (SSSR count). The third kappa shape index (κ3) is 13.0. The fraction of sp³-hybridized carbons (Fsp3) is 0.762. The monoisotopic (exact) mass is 850 g/mol. The Morgan fingerprint density at radius 1 is 0.707 bits per heavy atom. The van der Waals surface area contributed by atoms with Crippen LogP contribution in [0.15, 0.2) is 34.1 Å². The van der Waals surface area contributed by atoms with Crippen LogP contribution in [-0.4, -0.2) is 101 Å². The molecule has 3 fully saturated rings. The molecule has 3 aliphatic carbocycles. The van der Waals surface area contributed by atoms with Gasteiger partial charge in [-0.15, -0.1) is 0 Å². The lowest BCUT2D eigenvalue weighted by Crippen LogP contribution is -2.44. The van der Waals surface area contributed by atoms with Crippen LogP contribution >= 0.6 is 0 Å². The number of hydrogen-bond acceptors (Lipinski definition) is 8. The van der Waals surface area contributed by atoms with Crippen molar-refractivity contribution in [3.8, 4) is 0 Å². The van der Waals surface area contributed by atoms with Gasteiger partial charge in [-0.05, 0) is 132 Å². The summed E-state index contributed by atoms with van der Waals surface area (Å²) in [6, 6.07) is 2.39. The summed E-state index contributed by atoms with van der Waals surface area (Å²) in [5, 5.41) is 0. The van der Waals surface area contributed by atoms with Crippen molar-refractivity contribution in [1.82, 2.24) is 27.2 Å². The van der Waals surface area contributed by atoms with E-state index in [1.807, 2.05) is 19.9 Å². The number of nitrogens with zero attached hydrogens (tertiary/aromatic N) is 4. The molecule has 2 unspecified atom stereocenters. The minimum absolute atomic E-state index is 0.0123. The Labute approximate surface area is 347 Å². The molecule has 328 valence electrons. The van der Waals surface area contributed by atoms with E-state index < -0.39 is 32.5 Å². The number of aryl methyl sites for hydroxylation is 3. The van der Waals surface area contributed by atoms with E-state index in [-0.39, 0.29) is 62.6 Å². The number of ether oxygens (including phenoxy) is 2. The fourth-order valence-corrected chi connectivity index (χ4v) is 10.4. The third-order valence-electron chi connectivity index (χ3n) is 12.5. The van der Waals surface area contributed by atoms with Gasteiger partial charge in [-0.25, -0.2) is 0 Å². The molecule has 0 amide bonds. The Hall–Kier alpha value is -2.44. The Morgan fingerprint density at radius 2 is 1.19 bits per heavy atom. The molecule has 0 radical (unpaired) electrons. The van der Waals surface area contributed by atoms with Crippen LogP contribution in [0.1, 0.15) is 118 Å².